The maximum absolute atomic E-state index is 12.6. The van der Waals surface area contributed by atoms with E-state index in [0.29, 0.717) is 18.6 Å². The van der Waals surface area contributed by atoms with Gasteiger partial charge in [0.05, 0.1) is 25.9 Å². The molecule has 0 aliphatic carbocycles. The molecule has 0 bridgehead atoms. The third kappa shape index (κ3) is 4.24. The summed E-state index contributed by atoms with van der Waals surface area (Å²) >= 11 is 0. The molecule has 0 aromatic heterocycles. The van der Waals surface area contributed by atoms with Crippen LogP contribution in [0.1, 0.15) is 26.7 Å². The summed E-state index contributed by atoms with van der Waals surface area (Å²) < 4.78 is 16.8. The van der Waals surface area contributed by atoms with E-state index in [1.165, 1.54) is 0 Å². The predicted octanol–water partition coefficient (Wildman–Crippen LogP) is 0.750. The molecule has 132 valence electrons. The maximum Gasteiger partial charge on any atom is 0.251 e. The van der Waals surface area contributed by atoms with Gasteiger partial charge in [0.25, 0.3) is 5.91 Å². The van der Waals surface area contributed by atoms with Crippen LogP contribution < -0.4 is 0 Å². The van der Waals surface area contributed by atoms with Crippen LogP contribution >= 0.6 is 0 Å². The average molecular weight is 326 g/mol. The molecular weight excluding hydrogens is 296 g/mol. The number of hydrogen-bond donors (Lipinski definition) is 0. The molecule has 3 aliphatic heterocycles. The van der Waals surface area contributed by atoms with Crippen molar-refractivity contribution in [2.45, 2.75) is 44.9 Å². The van der Waals surface area contributed by atoms with E-state index in [1.54, 1.807) is 0 Å². The number of nitrogens with zero attached hydrogens (tertiary/aromatic N) is 2. The van der Waals surface area contributed by atoms with Crippen molar-refractivity contribution in [3.05, 3.63) is 0 Å². The van der Waals surface area contributed by atoms with Gasteiger partial charge in [-0.25, -0.2) is 0 Å². The zero-order valence-electron chi connectivity index (χ0n) is 14.4. The SMILES string of the molecule is C[C@H](OC[C@@H]1CCCO1)C(=O)N1C[C@H](C)[C@@H](N2CCOCC2)C1. The monoisotopic (exact) mass is 326 g/mol. The molecule has 6 nitrogen and oxygen atoms in total. The van der Waals surface area contributed by atoms with Crippen LogP contribution in [0.5, 0.6) is 0 Å². The Bertz CT molecular complexity index is 394. The minimum atomic E-state index is -0.380. The number of hydrogen-bond acceptors (Lipinski definition) is 5. The van der Waals surface area contributed by atoms with Gasteiger partial charge in [-0.3, -0.25) is 9.69 Å². The van der Waals surface area contributed by atoms with Crippen LogP contribution in [0.15, 0.2) is 0 Å². The van der Waals surface area contributed by atoms with Gasteiger partial charge in [0.1, 0.15) is 6.10 Å². The Morgan fingerprint density at radius 2 is 2.04 bits per heavy atom. The van der Waals surface area contributed by atoms with Gasteiger partial charge in [-0.1, -0.05) is 6.92 Å². The Morgan fingerprint density at radius 1 is 1.26 bits per heavy atom. The quantitative estimate of drug-likeness (QED) is 0.746. The van der Waals surface area contributed by atoms with Gasteiger partial charge in [-0.2, -0.15) is 0 Å². The van der Waals surface area contributed by atoms with Crippen LogP contribution in [0, 0.1) is 5.92 Å². The second kappa shape index (κ2) is 7.92. The van der Waals surface area contributed by atoms with Gasteiger partial charge in [0.15, 0.2) is 0 Å². The number of rotatable bonds is 5. The molecular formula is C17H30N2O4. The lowest BCUT2D eigenvalue weighted by Crippen LogP contribution is -2.47. The van der Waals surface area contributed by atoms with Crippen LogP contribution in [0.2, 0.25) is 0 Å². The predicted molar refractivity (Wildman–Crippen MR) is 86.3 cm³/mol. The third-order valence-corrected chi connectivity index (χ3v) is 5.30. The molecule has 0 radical (unpaired) electrons. The van der Waals surface area contributed by atoms with Crippen LogP contribution in [-0.4, -0.2) is 86.6 Å². The molecule has 3 heterocycles. The van der Waals surface area contributed by atoms with Gasteiger partial charge in [0.2, 0.25) is 0 Å². The van der Waals surface area contributed by atoms with Crippen molar-refractivity contribution >= 4 is 5.91 Å². The largest absolute Gasteiger partial charge is 0.379 e. The van der Waals surface area contributed by atoms with Crippen LogP contribution in [0.4, 0.5) is 0 Å². The number of likely N-dealkylation sites (tertiary alicyclic amines) is 1. The third-order valence-electron chi connectivity index (χ3n) is 5.30. The summed E-state index contributed by atoms with van der Waals surface area (Å²) in [6.45, 7) is 10.7. The molecule has 3 fully saturated rings. The highest BCUT2D eigenvalue weighted by molar-refractivity contribution is 5.80. The minimum Gasteiger partial charge on any atom is -0.379 e. The van der Waals surface area contributed by atoms with Crippen molar-refractivity contribution in [1.82, 2.24) is 9.80 Å². The number of ether oxygens (including phenoxy) is 3. The molecule has 3 aliphatic rings. The molecule has 4 atom stereocenters. The Labute approximate surface area is 139 Å². The molecule has 23 heavy (non-hydrogen) atoms. The highest BCUT2D eigenvalue weighted by Gasteiger charge is 2.38. The number of carbonyl (C=O) groups is 1. The van der Waals surface area contributed by atoms with Crippen LogP contribution in [0.25, 0.3) is 0 Å². The van der Waals surface area contributed by atoms with E-state index in [-0.39, 0.29) is 18.1 Å². The first-order valence-corrected chi connectivity index (χ1v) is 8.99. The van der Waals surface area contributed by atoms with Gasteiger partial charge < -0.3 is 19.1 Å². The topological polar surface area (TPSA) is 51.2 Å². The second-order valence-corrected chi connectivity index (χ2v) is 7.05. The first kappa shape index (κ1) is 17.1. The molecule has 3 saturated heterocycles. The fourth-order valence-electron chi connectivity index (χ4n) is 3.87. The van der Waals surface area contributed by atoms with E-state index in [9.17, 15) is 4.79 Å². The summed E-state index contributed by atoms with van der Waals surface area (Å²) in [5.41, 5.74) is 0. The summed E-state index contributed by atoms with van der Waals surface area (Å²) in [5.74, 6) is 0.619. The Balaban J connectivity index is 1.47. The second-order valence-electron chi connectivity index (χ2n) is 7.05. The van der Waals surface area contributed by atoms with Crippen LogP contribution in [-0.2, 0) is 19.0 Å². The Morgan fingerprint density at radius 3 is 2.74 bits per heavy atom. The Kier molecular flexibility index (Phi) is 5.91. The highest BCUT2D eigenvalue weighted by Crippen LogP contribution is 2.24. The molecule has 0 aromatic rings. The lowest BCUT2D eigenvalue weighted by atomic mass is 10.0. The van der Waals surface area contributed by atoms with E-state index in [4.69, 9.17) is 14.2 Å². The molecule has 3 rings (SSSR count). The van der Waals surface area contributed by atoms with E-state index in [2.05, 4.69) is 11.8 Å². The smallest absolute Gasteiger partial charge is 0.251 e. The summed E-state index contributed by atoms with van der Waals surface area (Å²) in [4.78, 5) is 17.1. The van der Waals surface area contributed by atoms with E-state index >= 15 is 0 Å². The summed E-state index contributed by atoms with van der Waals surface area (Å²) in [7, 11) is 0. The van der Waals surface area contributed by atoms with Crippen molar-refractivity contribution in [2.75, 3.05) is 52.6 Å². The number of morpholine rings is 1. The molecule has 0 unspecified atom stereocenters. The zero-order valence-corrected chi connectivity index (χ0v) is 14.4. The van der Waals surface area contributed by atoms with Gasteiger partial charge in [0, 0.05) is 38.8 Å². The molecule has 0 saturated carbocycles. The molecule has 0 N–H and O–H groups in total. The standard InChI is InChI=1S/C17H30N2O4/c1-13-10-19(11-16(13)18-5-8-21-9-6-18)17(20)14(2)23-12-15-4-3-7-22-15/h13-16H,3-12H2,1-2H3/t13-,14-,15-,16-/m0/s1. The van der Waals surface area contributed by atoms with Crippen molar-refractivity contribution in [3.8, 4) is 0 Å². The van der Waals surface area contributed by atoms with Gasteiger partial charge in [-0.05, 0) is 25.7 Å². The first-order valence-electron chi connectivity index (χ1n) is 8.99. The molecule has 0 spiro atoms. The van der Waals surface area contributed by atoms with E-state index in [0.717, 1.165) is 58.8 Å². The number of amides is 1. The maximum atomic E-state index is 12.6. The summed E-state index contributed by atoms with van der Waals surface area (Å²) in [5, 5.41) is 0. The van der Waals surface area contributed by atoms with Crippen molar-refractivity contribution in [2.24, 2.45) is 5.92 Å². The highest BCUT2D eigenvalue weighted by atomic mass is 16.5. The lowest BCUT2D eigenvalue weighted by Gasteiger charge is -2.34. The van der Waals surface area contributed by atoms with Crippen molar-refractivity contribution < 1.29 is 19.0 Å². The molecule has 6 heteroatoms. The van der Waals surface area contributed by atoms with Crippen molar-refractivity contribution in [3.63, 3.8) is 0 Å². The summed E-state index contributed by atoms with van der Waals surface area (Å²) in [6, 6.07) is 0.452. The van der Waals surface area contributed by atoms with E-state index in [1.807, 2.05) is 11.8 Å². The normalized spacial score (nSPS) is 34.0. The lowest BCUT2D eigenvalue weighted by molar-refractivity contribution is -0.143. The Hall–Kier alpha value is -0.690. The zero-order chi connectivity index (χ0) is 16.2. The summed E-state index contributed by atoms with van der Waals surface area (Å²) in [6.07, 6.45) is 1.93. The van der Waals surface area contributed by atoms with Crippen molar-refractivity contribution in [1.29, 1.82) is 0 Å². The van der Waals surface area contributed by atoms with Gasteiger partial charge in [-0.15, -0.1) is 0 Å². The van der Waals surface area contributed by atoms with Crippen LogP contribution in [0.3, 0.4) is 0 Å². The molecule has 1 amide bonds. The minimum absolute atomic E-state index is 0.116. The fraction of sp³-hybridized carbons (Fsp3) is 0.941. The number of carbonyl (C=O) groups excluding carboxylic acids is 1. The van der Waals surface area contributed by atoms with Gasteiger partial charge >= 0.3 is 0 Å². The van der Waals surface area contributed by atoms with E-state index < -0.39 is 0 Å². The molecule has 0 aromatic carbocycles. The fourth-order valence-corrected chi connectivity index (χ4v) is 3.87. The first-order chi connectivity index (χ1) is 11.1. The average Bonchev–Trinajstić information content (AvgIpc) is 3.22.